The zero-order chi connectivity index (χ0) is 36.0. The largest absolute Gasteiger partial charge is 0.482 e. The molecule has 0 radical (unpaired) electrons. The van der Waals surface area contributed by atoms with Gasteiger partial charge in [-0.2, -0.15) is 8.42 Å². The molecule has 9 nitrogen and oxygen atoms in total. The Morgan fingerprint density at radius 1 is 0.612 bits per heavy atom. The average Bonchev–Trinajstić information content (AvgIpc) is 3.00. The van der Waals surface area contributed by atoms with Gasteiger partial charge in [-0.1, -0.05) is 36.4 Å². The fourth-order valence-corrected chi connectivity index (χ4v) is 9.81. The molecule has 0 heterocycles. The molecule has 262 valence electrons. The topological polar surface area (TPSA) is 114 Å². The zero-order valence-corrected chi connectivity index (χ0v) is 29.5. The maximum atomic E-state index is 15.0. The van der Waals surface area contributed by atoms with E-state index in [1.165, 1.54) is 18.2 Å². The second-order valence-corrected chi connectivity index (χ2v) is 17.1. The molecule has 0 aromatic heterocycles. The molecule has 0 bridgehead atoms. The number of benzene rings is 4. The van der Waals surface area contributed by atoms with Crippen LogP contribution in [0.3, 0.4) is 0 Å². The summed E-state index contributed by atoms with van der Waals surface area (Å²) in [6, 6.07) is 23.1. The Hall–Kier alpha value is -4.46. The van der Waals surface area contributed by atoms with Crippen LogP contribution in [0.15, 0.2) is 117 Å². The van der Waals surface area contributed by atoms with Crippen LogP contribution < -0.4 is 9.47 Å². The quantitative estimate of drug-likeness (QED) is 0.135. The summed E-state index contributed by atoms with van der Waals surface area (Å²) >= 11 is 0. The van der Waals surface area contributed by atoms with Gasteiger partial charge in [0.05, 0.1) is 0 Å². The van der Waals surface area contributed by atoms with Crippen LogP contribution in [0.2, 0.25) is 0 Å². The summed E-state index contributed by atoms with van der Waals surface area (Å²) in [7, 11) is -8.35. The van der Waals surface area contributed by atoms with Crippen LogP contribution in [-0.2, 0) is 32.8 Å². The van der Waals surface area contributed by atoms with Crippen molar-refractivity contribution in [2.24, 2.45) is 0 Å². The lowest BCUT2D eigenvalue weighted by Crippen LogP contribution is -2.27. The summed E-state index contributed by atoms with van der Waals surface area (Å²) in [5, 5.41) is 0. The second kappa shape index (κ2) is 15.0. The van der Waals surface area contributed by atoms with Gasteiger partial charge in [-0.3, -0.25) is 0 Å². The Balaban J connectivity index is 1.95. The SMILES string of the molecule is CC(C)(C)OC(=O)COc1cc(OCC(=O)OC(C)(C)C)cc(S(OS(=O)(=O)c2ccc(F)cc2F)(c2ccccc2)c2ccccc2)c1. The summed E-state index contributed by atoms with van der Waals surface area (Å²) in [6.45, 7) is 9.16. The van der Waals surface area contributed by atoms with E-state index in [1.54, 1.807) is 102 Å². The summed E-state index contributed by atoms with van der Waals surface area (Å²) in [6.07, 6.45) is 0. The van der Waals surface area contributed by atoms with Crippen LogP contribution in [0, 0.1) is 11.6 Å². The van der Waals surface area contributed by atoms with Crippen molar-refractivity contribution in [3.63, 3.8) is 0 Å². The van der Waals surface area contributed by atoms with Gasteiger partial charge in [0.1, 0.15) is 39.2 Å². The second-order valence-electron chi connectivity index (χ2n) is 12.7. The van der Waals surface area contributed by atoms with Crippen LogP contribution >= 0.6 is 10.3 Å². The first-order chi connectivity index (χ1) is 22.9. The van der Waals surface area contributed by atoms with Crippen LogP contribution in [0.4, 0.5) is 8.78 Å². The zero-order valence-electron chi connectivity index (χ0n) is 27.9. The molecule has 0 fully saturated rings. The smallest absolute Gasteiger partial charge is 0.344 e. The van der Waals surface area contributed by atoms with Gasteiger partial charge in [-0.05, 0) is 100 Å². The van der Waals surface area contributed by atoms with Gasteiger partial charge in [-0.25, -0.2) is 22.0 Å². The number of ether oxygens (including phenoxy) is 4. The number of esters is 2. The molecule has 0 aliphatic heterocycles. The van der Waals surface area contributed by atoms with Gasteiger partial charge >= 0.3 is 22.1 Å². The van der Waals surface area contributed by atoms with Gasteiger partial charge in [0.2, 0.25) is 0 Å². The predicted molar refractivity (Wildman–Crippen MR) is 179 cm³/mol. The first-order valence-corrected chi connectivity index (χ1v) is 18.0. The monoisotopic (exact) mass is 716 g/mol. The van der Waals surface area contributed by atoms with Gasteiger partial charge in [0.15, 0.2) is 13.2 Å². The minimum atomic E-state index is -4.96. The Morgan fingerprint density at radius 3 is 1.47 bits per heavy atom. The van der Waals surface area contributed by atoms with E-state index in [0.29, 0.717) is 15.9 Å². The van der Waals surface area contributed by atoms with Gasteiger partial charge < -0.3 is 18.9 Å². The van der Waals surface area contributed by atoms with E-state index >= 15 is 4.39 Å². The van der Waals surface area contributed by atoms with E-state index < -0.39 is 73.3 Å². The Morgan fingerprint density at radius 2 is 1.06 bits per heavy atom. The summed E-state index contributed by atoms with van der Waals surface area (Å²) < 4.78 is 85.5. The molecule has 0 unspecified atom stereocenters. The van der Waals surface area contributed by atoms with Crippen molar-refractivity contribution in [2.45, 2.75) is 72.3 Å². The number of rotatable bonds is 12. The van der Waals surface area contributed by atoms with Crippen LogP contribution in [0.1, 0.15) is 41.5 Å². The molecule has 0 aliphatic carbocycles. The van der Waals surface area contributed by atoms with Crippen molar-refractivity contribution in [3.05, 3.63) is 109 Å². The standard InChI is InChI=1S/C36H38F2O9S2/c1-35(2,3)45-33(39)23-43-26-20-27(44-24-34(40)46-36(4,5)6)22-30(21-26)48(28-13-9-7-10-14-28,29-15-11-8-12-16-29)47-49(41,42)32-18-17-25(37)19-31(32)38/h7-22H,23-24H2,1-6H3. The van der Waals surface area contributed by atoms with Crippen LogP contribution in [0.25, 0.3) is 0 Å². The molecule has 0 saturated heterocycles. The van der Waals surface area contributed by atoms with Crippen molar-refractivity contribution in [3.8, 4) is 11.5 Å². The van der Waals surface area contributed by atoms with Crippen molar-refractivity contribution in [1.29, 1.82) is 0 Å². The molecule has 0 N–H and O–H groups in total. The number of halogens is 2. The molecule has 4 aromatic carbocycles. The van der Waals surface area contributed by atoms with Crippen molar-refractivity contribution >= 4 is 32.4 Å². The highest BCUT2D eigenvalue weighted by Crippen LogP contribution is 2.71. The molecule has 13 heteroatoms. The Bertz CT molecular complexity index is 1800. The lowest BCUT2D eigenvalue weighted by molar-refractivity contribution is -0.158. The van der Waals surface area contributed by atoms with E-state index in [-0.39, 0.29) is 16.4 Å². The van der Waals surface area contributed by atoms with Gasteiger partial charge in [0.25, 0.3) is 0 Å². The maximum absolute atomic E-state index is 15.0. The normalized spacial score (nSPS) is 12.6. The van der Waals surface area contributed by atoms with E-state index in [0.717, 1.165) is 12.1 Å². The van der Waals surface area contributed by atoms with Crippen LogP contribution in [0.5, 0.6) is 11.5 Å². The molecule has 0 spiro atoms. The van der Waals surface area contributed by atoms with E-state index in [1.807, 2.05) is 0 Å². The summed E-state index contributed by atoms with van der Waals surface area (Å²) in [4.78, 5) is 25.2. The van der Waals surface area contributed by atoms with Crippen molar-refractivity contribution < 1.29 is 49.4 Å². The third-order valence-electron chi connectivity index (χ3n) is 6.24. The van der Waals surface area contributed by atoms with E-state index in [2.05, 4.69) is 0 Å². The van der Waals surface area contributed by atoms with Crippen molar-refractivity contribution in [1.82, 2.24) is 0 Å². The summed E-state index contributed by atoms with van der Waals surface area (Å²) in [5.74, 6) is -3.58. The lowest BCUT2D eigenvalue weighted by atomic mass is 10.2. The molecule has 4 rings (SSSR count). The lowest BCUT2D eigenvalue weighted by Gasteiger charge is -2.39. The van der Waals surface area contributed by atoms with Gasteiger partial charge in [0, 0.05) is 26.8 Å². The number of hydrogen-bond donors (Lipinski definition) is 0. The molecular weight excluding hydrogens is 679 g/mol. The number of carbonyl (C=O) groups is 2. The Labute approximate surface area is 286 Å². The fourth-order valence-electron chi connectivity index (χ4n) is 4.50. The average molecular weight is 717 g/mol. The van der Waals surface area contributed by atoms with Crippen molar-refractivity contribution in [2.75, 3.05) is 13.2 Å². The van der Waals surface area contributed by atoms with Crippen LogP contribution in [-0.4, -0.2) is 44.8 Å². The third-order valence-corrected chi connectivity index (χ3v) is 11.4. The first-order valence-electron chi connectivity index (χ1n) is 15.1. The molecule has 0 amide bonds. The van der Waals surface area contributed by atoms with E-state index in [4.69, 9.17) is 22.6 Å². The highest BCUT2D eigenvalue weighted by molar-refractivity contribution is 8.33. The summed E-state index contributed by atoms with van der Waals surface area (Å²) in [5.41, 5.74) is -1.58. The molecule has 0 aliphatic rings. The molecule has 4 aromatic rings. The number of hydrogen-bond acceptors (Lipinski definition) is 9. The Kier molecular flexibility index (Phi) is 11.4. The molecule has 0 atom stereocenters. The third kappa shape index (κ3) is 10.0. The highest BCUT2D eigenvalue weighted by Gasteiger charge is 2.40. The van der Waals surface area contributed by atoms with E-state index in [9.17, 15) is 22.4 Å². The highest BCUT2D eigenvalue weighted by atomic mass is 32.3. The maximum Gasteiger partial charge on any atom is 0.344 e. The molecule has 0 saturated carbocycles. The molecule has 49 heavy (non-hydrogen) atoms. The number of carbonyl (C=O) groups excluding carboxylic acids is 2. The minimum Gasteiger partial charge on any atom is -0.482 e. The predicted octanol–water partition coefficient (Wildman–Crippen LogP) is 8.01. The van der Waals surface area contributed by atoms with Gasteiger partial charge in [-0.15, -0.1) is 0 Å². The first kappa shape index (κ1) is 37.4. The molecular formula is C36H38F2O9S2. The fraction of sp³-hybridized carbons (Fsp3) is 0.278. The minimum absolute atomic E-state index is 0.0419.